The summed E-state index contributed by atoms with van der Waals surface area (Å²) in [5.41, 5.74) is 3.29. The maximum Gasteiger partial charge on any atom is 0.168 e. The number of hydrogen-bond acceptors (Lipinski definition) is 2. The number of aromatic nitrogens is 3. The predicted octanol–water partition coefficient (Wildman–Crippen LogP) is 3.72. The minimum absolute atomic E-state index is 0.852. The van der Waals surface area contributed by atoms with Crippen molar-refractivity contribution in [3.05, 3.63) is 52.6 Å². The van der Waals surface area contributed by atoms with Gasteiger partial charge in [-0.05, 0) is 24.1 Å². The summed E-state index contributed by atoms with van der Waals surface area (Å²) >= 11 is 3.44. The molecule has 0 aliphatic heterocycles. The van der Waals surface area contributed by atoms with Gasteiger partial charge in [0.1, 0.15) is 0 Å². The van der Waals surface area contributed by atoms with Gasteiger partial charge in [-0.15, -0.1) is 10.2 Å². The van der Waals surface area contributed by atoms with Gasteiger partial charge in [-0.25, -0.2) is 0 Å². The molecule has 0 bridgehead atoms. The highest BCUT2D eigenvalue weighted by molar-refractivity contribution is 9.10. The van der Waals surface area contributed by atoms with Gasteiger partial charge in [0.2, 0.25) is 0 Å². The van der Waals surface area contributed by atoms with Crippen molar-refractivity contribution in [1.29, 1.82) is 0 Å². The van der Waals surface area contributed by atoms with E-state index in [-0.39, 0.29) is 0 Å². The van der Waals surface area contributed by atoms with E-state index < -0.39 is 0 Å². The van der Waals surface area contributed by atoms with Crippen molar-refractivity contribution in [3.8, 4) is 11.4 Å². The van der Waals surface area contributed by atoms with E-state index in [0.717, 1.165) is 27.9 Å². The van der Waals surface area contributed by atoms with Crippen LogP contribution in [0.3, 0.4) is 0 Å². The fraction of sp³-hybridized carbons (Fsp3) is 0.143. The second-order valence-electron chi connectivity index (χ2n) is 4.11. The molecule has 1 aromatic carbocycles. The summed E-state index contributed by atoms with van der Waals surface area (Å²) in [6, 6.07) is 12.3. The van der Waals surface area contributed by atoms with Crippen LogP contribution in [-0.2, 0) is 6.42 Å². The summed E-state index contributed by atoms with van der Waals surface area (Å²) < 4.78 is 3.02. The average Bonchev–Trinajstić information content (AvgIpc) is 2.81. The van der Waals surface area contributed by atoms with Crippen molar-refractivity contribution in [3.63, 3.8) is 0 Å². The molecule has 0 fully saturated rings. The smallest absolute Gasteiger partial charge is 0.168 e. The van der Waals surface area contributed by atoms with Crippen molar-refractivity contribution in [2.45, 2.75) is 13.3 Å². The van der Waals surface area contributed by atoms with Crippen LogP contribution in [0.4, 0.5) is 0 Å². The molecule has 3 nitrogen and oxygen atoms in total. The number of rotatable bonds is 2. The number of aryl methyl sites for hydroxylation is 1. The van der Waals surface area contributed by atoms with Crippen molar-refractivity contribution in [2.24, 2.45) is 0 Å². The molecule has 90 valence electrons. The molecule has 0 saturated heterocycles. The molecular weight excluding hydrogens is 290 g/mol. The van der Waals surface area contributed by atoms with E-state index in [2.05, 4.69) is 51.3 Å². The monoisotopic (exact) mass is 301 g/mol. The quantitative estimate of drug-likeness (QED) is 0.722. The Morgan fingerprint density at radius 3 is 2.83 bits per heavy atom. The van der Waals surface area contributed by atoms with Gasteiger partial charge in [-0.3, -0.25) is 4.40 Å². The zero-order valence-corrected chi connectivity index (χ0v) is 11.6. The normalized spacial score (nSPS) is 11.0. The Balaban J connectivity index is 2.26. The SMILES string of the molecule is CCc1ccccc1-c1nnc2cc(Br)ccn12. The Hall–Kier alpha value is -1.68. The average molecular weight is 302 g/mol. The maximum atomic E-state index is 4.31. The maximum absolute atomic E-state index is 4.31. The van der Waals surface area contributed by atoms with Crippen molar-refractivity contribution in [2.75, 3.05) is 0 Å². The number of fused-ring (bicyclic) bond motifs is 1. The molecule has 0 unspecified atom stereocenters. The number of halogens is 1. The van der Waals surface area contributed by atoms with Crippen LogP contribution in [0.2, 0.25) is 0 Å². The zero-order chi connectivity index (χ0) is 12.5. The lowest BCUT2D eigenvalue weighted by Gasteiger charge is -2.05. The minimum Gasteiger partial charge on any atom is -0.282 e. The van der Waals surface area contributed by atoms with Crippen molar-refractivity contribution in [1.82, 2.24) is 14.6 Å². The largest absolute Gasteiger partial charge is 0.282 e. The fourth-order valence-corrected chi connectivity index (χ4v) is 2.42. The molecule has 0 radical (unpaired) electrons. The highest BCUT2D eigenvalue weighted by Gasteiger charge is 2.10. The van der Waals surface area contributed by atoms with Gasteiger partial charge >= 0.3 is 0 Å². The lowest BCUT2D eigenvalue weighted by molar-refractivity contribution is 1.08. The molecule has 2 heterocycles. The first-order valence-corrected chi connectivity index (χ1v) is 6.67. The van der Waals surface area contributed by atoms with E-state index in [1.807, 2.05) is 28.8 Å². The lowest BCUT2D eigenvalue weighted by Crippen LogP contribution is -1.93. The summed E-state index contributed by atoms with van der Waals surface area (Å²) in [6.45, 7) is 2.15. The Morgan fingerprint density at radius 1 is 1.17 bits per heavy atom. The van der Waals surface area contributed by atoms with Crippen LogP contribution in [0.5, 0.6) is 0 Å². The van der Waals surface area contributed by atoms with E-state index in [0.29, 0.717) is 0 Å². The second-order valence-corrected chi connectivity index (χ2v) is 5.02. The third kappa shape index (κ3) is 1.82. The Kier molecular flexibility index (Phi) is 2.88. The van der Waals surface area contributed by atoms with Gasteiger partial charge in [0.15, 0.2) is 11.5 Å². The molecule has 0 atom stereocenters. The van der Waals surface area contributed by atoms with Crippen molar-refractivity contribution >= 4 is 21.6 Å². The Bertz CT molecular complexity index is 703. The van der Waals surface area contributed by atoms with Crippen LogP contribution in [0.1, 0.15) is 12.5 Å². The first-order valence-electron chi connectivity index (χ1n) is 5.88. The van der Waals surface area contributed by atoms with Gasteiger partial charge in [0, 0.05) is 16.2 Å². The highest BCUT2D eigenvalue weighted by atomic mass is 79.9. The molecule has 0 spiro atoms. The number of nitrogens with zero attached hydrogens (tertiary/aromatic N) is 3. The fourth-order valence-electron chi connectivity index (χ4n) is 2.10. The Labute approximate surface area is 114 Å². The van der Waals surface area contributed by atoms with E-state index in [4.69, 9.17) is 0 Å². The van der Waals surface area contributed by atoms with E-state index in [9.17, 15) is 0 Å². The van der Waals surface area contributed by atoms with Gasteiger partial charge in [-0.2, -0.15) is 0 Å². The summed E-state index contributed by atoms with van der Waals surface area (Å²) in [4.78, 5) is 0. The molecule has 0 aliphatic carbocycles. The van der Waals surface area contributed by atoms with E-state index >= 15 is 0 Å². The van der Waals surface area contributed by atoms with Crippen LogP contribution < -0.4 is 0 Å². The number of hydrogen-bond donors (Lipinski definition) is 0. The number of pyridine rings is 1. The summed E-state index contributed by atoms with van der Waals surface area (Å²) in [5, 5.41) is 8.52. The minimum atomic E-state index is 0.852. The van der Waals surface area contributed by atoms with Crippen LogP contribution in [0, 0.1) is 0 Å². The van der Waals surface area contributed by atoms with E-state index in [1.54, 1.807) is 0 Å². The third-order valence-electron chi connectivity index (χ3n) is 3.01. The first-order chi connectivity index (χ1) is 8.79. The third-order valence-corrected chi connectivity index (χ3v) is 3.50. The van der Waals surface area contributed by atoms with Crippen LogP contribution in [-0.4, -0.2) is 14.6 Å². The lowest BCUT2D eigenvalue weighted by atomic mass is 10.1. The molecule has 4 heteroatoms. The van der Waals surface area contributed by atoms with Gasteiger partial charge in [0.25, 0.3) is 0 Å². The zero-order valence-electron chi connectivity index (χ0n) is 9.97. The molecule has 2 aromatic heterocycles. The Morgan fingerprint density at radius 2 is 2.00 bits per heavy atom. The van der Waals surface area contributed by atoms with Gasteiger partial charge in [0.05, 0.1) is 0 Å². The van der Waals surface area contributed by atoms with Gasteiger partial charge < -0.3 is 0 Å². The molecule has 3 rings (SSSR count). The molecule has 0 amide bonds. The summed E-state index contributed by atoms with van der Waals surface area (Å²) in [6.07, 6.45) is 2.98. The molecule has 18 heavy (non-hydrogen) atoms. The summed E-state index contributed by atoms with van der Waals surface area (Å²) in [7, 11) is 0. The van der Waals surface area contributed by atoms with Crippen LogP contribution >= 0.6 is 15.9 Å². The molecule has 0 saturated carbocycles. The highest BCUT2D eigenvalue weighted by Crippen LogP contribution is 2.24. The summed E-state index contributed by atoms with van der Waals surface area (Å²) in [5.74, 6) is 0.898. The van der Waals surface area contributed by atoms with E-state index in [1.165, 1.54) is 5.56 Å². The second kappa shape index (κ2) is 4.53. The predicted molar refractivity (Wildman–Crippen MR) is 75.5 cm³/mol. The molecular formula is C14H12BrN3. The molecule has 3 aromatic rings. The molecule has 0 N–H and O–H groups in total. The van der Waals surface area contributed by atoms with Gasteiger partial charge in [-0.1, -0.05) is 47.1 Å². The molecule has 0 aliphatic rings. The van der Waals surface area contributed by atoms with Crippen LogP contribution in [0.15, 0.2) is 47.1 Å². The van der Waals surface area contributed by atoms with Crippen molar-refractivity contribution < 1.29 is 0 Å². The number of benzene rings is 1. The first kappa shape index (κ1) is 11.4. The standard InChI is InChI=1S/C14H12BrN3/c1-2-10-5-3-4-6-12(10)14-17-16-13-9-11(15)7-8-18(13)14/h3-9H,2H2,1H3. The van der Waals surface area contributed by atoms with Crippen LogP contribution in [0.25, 0.3) is 17.0 Å². The topological polar surface area (TPSA) is 30.2 Å².